The number of rotatable bonds is 5. The van der Waals surface area contributed by atoms with Gasteiger partial charge in [-0.25, -0.2) is 0 Å². The van der Waals surface area contributed by atoms with Gasteiger partial charge in [-0.3, -0.25) is 0 Å². The molecule has 0 aromatic carbocycles. The monoisotopic (exact) mass is 202 g/mol. The van der Waals surface area contributed by atoms with Crippen LogP contribution in [0.5, 0.6) is 0 Å². The molecule has 13 heavy (non-hydrogen) atoms. The van der Waals surface area contributed by atoms with Crippen molar-refractivity contribution in [2.75, 3.05) is 0 Å². The summed E-state index contributed by atoms with van der Waals surface area (Å²) in [6, 6.07) is 0. The van der Waals surface area contributed by atoms with E-state index in [0.717, 1.165) is 6.42 Å². The van der Waals surface area contributed by atoms with Gasteiger partial charge in [0.15, 0.2) is 0 Å². The minimum absolute atomic E-state index is 0.187. The lowest BCUT2D eigenvalue weighted by Gasteiger charge is -2.30. The van der Waals surface area contributed by atoms with Crippen molar-refractivity contribution >= 4 is 11.6 Å². The minimum Gasteiger partial charge on any atom is -0.118 e. The predicted octanol–water partition coefficient (Wildman–Crippen LogP) is 4.78. The van der Waals surface area contributed by atoms with Crippen LogP contribution < -0.4 is 0 Å². The van der Waals surface area contributed by atoms with E-state index < -0.39 is 0 Å². The van der Waals surface area contributed by atoms with Crippen molar-refractivity contribution in [3.8, 4) is 0 Å². The molecule has 0 fully saturated rings. The summed E-state index contributed by atoms with van der Waals surface area (Å²) in [5.41, 5.74) is 1.55. The first-order chi connectivity index (χ1) is 5.95. The molecule has 1 unspecified atom stereocenters. The van der Waals surface area contributed by atoms with Crippen LogP contribution in [-0.4, -0.2) is 5.38 Å². The van der Waals surface area contributed by atoms with Gasteiger partial charge in [0.2, 0.25) is 0 Å². The van der Waals surface area contributed by atoms with Gasteiger partial charge in [0, 0.05) is 0 Å². The Hall–Kier alpha value is 0.0300. The fourth-order valence-electron chi connectivity index (χ4n) is 1.81. The number of allylic oxidation sites excluding steroid dienone is 2. The summed E-state index contributed by atoms with van der Waals surface area (Å²) in [6.45, 7) is 11.0. The Morgan fingerprint density at radius 2 is 1.92 bits per heavy atom. The number of hydrogen-bond donors (Lipinski definition) is 0. The second-order valence-electron chi connectivity index (χ2n) is 4.46. The molecule has 0 saturated carbocycles. The molecule has 0 aliphatic carbocycles. The average Bonchev–Trinajstić information content (AvgIpc) is 2.03. The van der Waals surface area contributed by atoms with Gasteiger partial charge < -0.3 is 0 Å². The molecule has 0 aromatic rings. The molecule has 0 aliphatic rings. The summed E-state index contributed by atoms with van der Waals surface area (Å²) in [4.78, 5) is 0. The molecule has 0 saturated heterocycles. The Labute approximate surface area is 88.4 Å². The van der Waals surface area contributed by atoms with Crippen LogP contribution in [0.2, 0.25) is 0 Å². The molecule has 0 aromatic heterocycles. The van der Waals surface area contributed by atoms with Gasteiger partial charge in [0.1, 0.15) is 0 Å². The van der Waals surface area contributed by atoms with Gasteiger partial charge in [0.05, 0.1) is 5.38 Å². The third-order valence-electron chi connectivity index (χ3n) is 2.51. The normalized spacial score (nSPS) is 16.0. The first-order valence-electron chi connectivity index (χ1n) is 5.26. The highest BCUT2D eigenvalue weighted by Crippen LogP contribution is 2.35. The molecule has 0 nitrogen and oxygen atoms in total. The van der Waals surface area contributed by atoms with Crippen LogP contribution in [0.4, 0.5) is 0 Å². The molecule has 0 radical (unpaired) electrons. The third-order valence-corrected chi connectivity index (χ3v) is 3.44. The Bertz CT molecular complexity index is 168. The summed E-state index contributed by atoms with van der Waals surface area (Å²) in [7, 11) is 0. The topological polar surface area (TPSA) is 0 Å². The molecule has 0 aliphatic heterocycles. The van der Waals surface area contributed by atoms with Gasteiger partial charge in [-0.15, -0.1) is 11.6 Å². The summed E-state index contributed by atoms with van der Waals surface area (Å²) in [5, 5.41) is 0.187. The minimum atomic E-state index is 0.187. The van der Waals surface area contributed by atoms with Crippen molar-refractivity contribution in [2.24, 2.45) is 5.41 Å². The zero-order valence-corrected chi connectivity index (χ0v) is 10.4. The second kappa shape index (κ2) is 5.70. The van der Waals surface area contributed by atoms with Crippen LogP contribution in [0.3, 0.4) is 0 Å². The molecule has 0 heterocycles. The summed E-state index contributed by atoms with van der Waals surface area (Å²) in [6.07, 6.45) is 5.71. The average molecular weight is 203 g/mol. The molecule has 0 rings (SSSR count). The lowest BCUT2D eigenvalue weighted by Crippen LogP contribution is -2.25. The van der Waals surface area contributed by atoms with Gasteiger partial charge in [0.25, 0.3) is 0 Å². The van der Waals surface area contributed by atoms with Crippen molar-refractivity contribution in [1.29, 1.82) is 0 Å². The van der Waals surface area contributed by atoms with Gasteiger partial charge >= 0.3 is 0 Å². The quantitative estimate of drug-likeness (QED) is 0.445. The third kappa shape index (κ3) is 4.17. The Balaban J connectivity index is 4.38. The highest BCUT2D eigenvalue weighted by atomic mass is 35.5. The summed E-state index contributed by atoms with van der Waals surface area (Å²) < 4.78 is 0. The first kappa shape index (κ1) is 13.0. The Morgan fingerprint density at radius 3 is 2.31 bits per heavy atom. The zero-order chi connectivity index (χ0) is 10.5. The molecule has 0 bridgehead atoms. The highest BCUT2D eigenvalue weighted by Gasteiger charge is 2.27. The van der Waals surface area contributed by atoms with Crippen LogP contribution in [0, 0.1) is 5.41 Å². The molecular formula is C12H23Cl. The largest absolute Gasteiger partial charge is 0.118 e. The van der Waals surface area contributed by atoms with E-state index in [9.17, 15) is 0 Å². The van der Waals surface area contributed by atoms with E-state index in [1.807, 2.05) is 0 Å². The maximum absolute atomic E-state index is 6.41. The van der Waals surface area contributed by atoms with Crippen LogP contribution in [-0.2, 0) is 0 Å². The maximum Gasteiger partial charge on any atom is 0.0593 e. The Kier molecular flexibility index (Phi) is 5.71. The lowest BCUT2D eigenvalue weighted by atomic mass is 9.81. The van der Waals surface area contributed by atoms with E-state index in [1.54, 1.807) is 0 Å². The van der Waals surface area contributed by atoms with Gasteiger partial charge in [-0.05, 0) is 25.2 Å². The second-order valence-corrected chi connectivity index (χ2v) is 4.89. The van der Waals surface area contributed by atoms with Crippen molar-refractivity contribution in [3.63, 3.8) is 0 Å². The summed E-state index contributed by atoms with van der Waals surface area (Å²) >= 11 is 6.41. The van der Waals surface area contributed by atoms with E-state index in [-0.39, 0.29) is 10.8 Å². The van der Waals surface area contributed by atoms with Crippen LogP contribution >= 0.6 is 11.6 Å². The fraction of sp³-hybridized carbons (Fsp3) is 0.833. The molecule has 0 amide bonds. The Morgan fingerprint density at radius 1 is 1.38 bits per heavy atom. The smallest absolute Gasteiger partial charge is 0.0593 e. The molecule has 1 atom stereocenters. The van der Waals surface area contributed by atoms with Crippen LogP contribution in [0.25, 0.3) is 0 Å². The van der Waals surface area contributed by atoms with E-state index >= 15 is 0 Å². The van der Waals surface area contributed by atoms with Gasteiger partial charge in [-0.1, -0.05) is 45.8 Å². The SMILES string of the molecule is CC/C=C(/C)C(Cl)C(C)(C)CCC. The summed E-state index contributed by atoms with van der Waals surface area (Å²) in [5.74, 6) is 0. The number of hydrogen-bond acceptors (Lipinski definition) is 0. The van der Waals surface area contributed by atoms with E-state index in [2.05, 4.69) is 40.7 Å². The first-order valence-corrected chi connectivity index (χ1v) is 5.70. The fourth-order valence-corrected chi connectivity index (χ4v) is 2.01. The van der Waals surface area contributed by atoms with Crippen molar-refractivity contribution in [1.82, 2.24) is 0 Å². The van der Waals surface area contributed by atoms with Crippen molar-refractivity contribution in [2.45, 2.75) is 59.3 Å². The molecule has 78 valence electrons. The van der Waals surface area contributed by atoms with E-state index in [0.29, 0.717) is 0 Å². The lowest BCUT2D eigenvalue weighted by molar-refractivity contribution is 0.334. The predicted molar refractivity (Wildman–Crippen MR) is 62.4 cm³/mol. The molecule has 0 N–H and O–H groups in total. The van der Waals surface area contributed by atoms with Gasteiger partial charge in [-0.2, -0.15) is 0 Å². The molecule has 0 spiro atoms. The standard InChI is InChI=1S/C12H23Cl/c1-6-8-10(3)11(13)12(4,5)9-7-2/h8,11H,6-7,9H2,1-5H3/b10-8-. The maximum atomic E-state index is 6.41. The van der Waals surface area contributed by atoms with Crippen LogP contribution in [0.1, 0.15) is 53.9 Å². The number of halogens is 1. The highest BCUT2D eigenvalue weighted by molar-refractivity contribution is 6.22. The van der Waals surface area contributed by atoms with Crippen LogP contribution in [0.15, 0.2) is 11.6 Å². The van der Waals surface area contributed by atoms with Crippen molar-refractivity contribution < 1.29 is 0 Å². The van der Waals surface area contributed by atoms with Crippen molar-refractivity contribution in [3.05, 3.63) is 11.6 Å². The number of alkyl halides is 1. The van der Waals surface area contributed by atoms with E-state index in [4.69, 9.17) is 11.6 Å². The molecule has 1 heteroatoms. The van der Waals surface area contributed by atoms with E-state index in [1.165, 1.54) is 18.4 Å². The molecular weight excluding hydrogens is 180 g/mol. The zero-order valence-electron chi connectivity index (χ0n) is 9.65.